The lowest BCUT2D eigenvalue weighted by atomic mass is 10.0. The lowest BCUT2D eigenvalue weighted by molar-refractivity contribution is -0.119. The lowest BCUT2D eigenvalue weighted by Crippen LogP contribution is -2.16. The fourth-order valence-electron chi connectivity index (χ4n) is 2.72. The first-order valence-electron chi connectivity index (χ1n) is 8.04. The first-order chi connectivity index (χ1) is 12.5. The summed E-state index contributed by atoms with van der Waals surface area (Å²) >= 11 is 0. The molecule has 3 aromatic rings. The SMILES string of the molecule is COCC(=O)Nc1ccc2c(C)c(C(=O)c3ccc(OC)cc3)oc2c1. The first kappa shape index (κ1) is 17.7. The van der Waals surface area contributed by atoms with E-state index in [1.165, 1.54) is 7.11 Å². The van der Waals surface area contributed by atoms with Gasteiger partial charge < -0.3 is 19.2 Å². The molecule has 0 aliphatic heterocycles. The largest absolute Gasteiger partial charge is 0.497 e. The average Bonchev–Trinajstić information content (AvgIpc) is 2.97. The third kappa shape index (κ3) is 3.45. The third-order valence-electron chi connectivity index (χ3n) is 4.06. The van der Waals surface area contributed by atoms with Crippen LogP contribution in [0.1, 0.15) is 21.7 Å². The number of rotatable bonds is 6. The average molecular weight is 353 g/mol. The van der Waals surface area contributed by atoms with Gasteiger partial charge in [-0.05, 0) is 43.3 Å². The molecule has 0 atom stereocenters. The number of carbonyl (C=O) groups excluding carboxylic acids is 2. The number of ether oxygens (including phenoxy) is 2. The van der Waals surface area contributed by atoms with Crippen LogP contribution in [0.2, 0.25) is 0 Å². The normalized spacial score (nSPS) is 10.7. The standard InChI is InChI=1S/C20H19NO5/c1-12-16-9-6-14(21-18(22)11-24-2)10-17(16)26-20(12)19(23)13-4-7-15(25-3)8-5-13/h4-10H,11H2,1-3H3,(H,21,22). The van der Waals surface area contributed by atoms with E-state index in [1.54, 1.807) is 43.5 Å². The van der Waals surface area contributed by atoms with Crippen LogP contribution in [0.15, 0.2) is 46.9 Å². The Hall–Kier alpha value is -3.12. The van der Waals surface area contributed by atoms with Crippen LogP contribution in [-0.4, -0.2) is 32.5 Å². The molecule has 0 unspecified atom stereocenters. The van der Waals surface area contributed by atoms with Crippen molar-refractivity contribution >= 4 is 28.3 Å². The molecule has 0 bridgehead atoms. The number of fused-ring (bicyclic) bond motifs is 1. The zero-order valence-corrected chi connectivity index (χ0v) is 14.8. The third-order valence-corrected chi connectivity index (χ3v) is 4.06. The van der Waals surface area contributed by atoms with Gasteiger partial charge in [0.25, 0.3) is 0 Å². The highest BCUT2D eigenvalue weighted by molar-refractivity contribution is 6.10. The number of furan rings is 1. The van der Waals surface area contributed by atoms with Crippen LogP contribution in [-0.2, 0) is 9.53 Å². The van der Waals surface area contributed by atoms with E-state index in [0.29, 0.717) is 22.6 Å². The highest BCUT2D eigenvalue weighted by atomic mass is 16.5. The van der Waals surface area contributed by atoms with Crippen LogP contribution >= 0.6 is 0 Å². The van der Waals surface area contributed by atoms with Crippen molar-refractivity contribution in [3.63, 3.8) is 0 Å². The molecule has 1 amide bonds. The van der Waals surface area contributed by atoms with Gasteiger partial charge in [0.15, 0.2) is 5.76 Å². The van der Waals surface area contributed by atoms with Crippen molar-refractivity contribution in [2.24, 2.45) is 0 Å². The zero-order valence-electron chi connectivity index (χ0n) is 14.8. The molecule has 2 aromatic carbocycles. The molecule has 0 aliphatic carbocycles. The molecule has 26 heavy (non-hydrogen) atoms. The van der Waals surface area contributed by atoms with Crippen LogP contribution in [0.3, 0.4) is 0 Å². The summed E-state index contributed by atoms with van der Waals surface area (Å²) in [7, 11) is 3.03. The van der Waals surface area contributed by atoms with Gasteiger partial charge in [0, 0.05) is 35.4 Å². The van der Waals surface area contributed by atoms with Gasteiger partial charge in [-0.3, -0.25) is 9.59 Å². The van der Waals surface area contributed by atoms with Crippen molar-refractivity contribution in [1.29, 1.82) is 0 Å². The predicted octanol–water partition coefficient (Wildman–Crippen LogP) is 3.57. The molecule has 6 nitrogen and oxygen atoms in total. The summed E-state index contributed by atoms with van der Waals surface area (Å²) in [6, 6.07) is 12.1. The van der Waals surface area contributed by atoms with E-state index in [0.717, 1.165) is 10.9 Å². The second kappa shape index (κ2) is 7.41. The Morgan fingerprint density at radius 1 is 1.08 bits per heavy atom. The monoisotopic (exact) mass is 353 g/mol. The number of ketones is 1. The molecule has 0 radical (unpaired) electrons. The minimum absolute atomic E-state index is 0.0313. The van der Waals surface area contributed by atoms with Crippen molar-refractivity contribution in [2.75, 3.05) is 26.1 Å². The highest BCUT2D eigenvalue weighted by Crippen LogP contribution is 2.29. The Labute approximate surface area is 150 Å². The van der Waals surface area contributed by atoms with Gasteiger partial charge in [0.05, 0.1) is 7.11 Å². The lowest BCUT2D eigenvalue weighted by Gasteiger charge is -2.03. The molecule has 1 heterocycles. The van der Waals surface area contributed by atoms with E-state index in [9.17, 15) is 9.59 Å². The second-order valence-electron chi connectivity index (χ2n) is 5.81. The Morgan fingerprint density at radius 2 is 1.81 bits per heavy atom. The van der Waals surface area contributed by atoms with Crippen LogP contribution in [0, 0.1) is 6.92 Å². The Balaban J connectivity index is 1.92. The summed E-state index contributed by atoms with van der Waals surface area (Å²) in [5, 5.41) is 3.54. The number of hydrogen-bond donors (Lipinski definition) is 1. The van der Waals surface area contributed by atoms with Crippen LogP contribution < -0.4 is 10.1 Å². The van der Waals surface area contributed by atoms with Crippen LogP contribution in [0.5, 0.6) is 5.75 Å². The maximum absolute atomic E-state index is 12.8. The van der Waals surface area contributed by atoms with E-state index in [4.69, 9.17) is 13.9 Å². The van der Waals surface area contributed by atoms with Crippen molar-refractivity contribution in [1.82, 2.24) is 0 Å². The molecule has 6 heteroatoms. The van der Waals surface area contributed by atoms with Crippen molar-refractivity contribution in [3.05, 3.63) is 59.4 Å². The number of amides is 1. The summed E-state index contributed by atoms with van der Waals surface area (Å²) < 4.78 is 15.7. The Kier molecular flexibility index (Phi) is 5.04. The molecule has 0 saturated heterocycles. The van der Waals surface area contributed by atoms with Gasteiger partial charge in [-0.1, -0.05) is 0 Å². The van der Waals surface area contributed by atoms with E-state index in [-0.39, 0.29) is 24.1 Å². The van der Waals surface area contributed by atoms with E-state index >= 15 is 0 Å². The number of anilines is 1. The number of aryl methyl sites for hydroxylation is 1. The van der Waals surface area contributed by atoms with Gasteiger partial charge in [0.1, 0.15) is 17.9 Å². The Morgan fingerprint density at radius 3 is 2.46 bits per heavy atom. The summed E-state index contributed by atoms with van der Waals surface area (Å²) in [6.45, 7) is 1.81. The fraction of sp³-hybridized carbons (Fsp3) is 0.200. The number of benzene rings is 2. The Bertz CT molecular complexity index is 956. The number of hydrogen-bond acceptors (Lipinski definition) is 5. The van der Waals surface area contributed by atoms with E-state index < -0.39 is 0 Å². The molecule has 1 aromatic heterocycles. The smallest absolute Gasteiger partial charge is 0.250 e. The molecule has 3 rings (SSSR count). The van der Waals surface area contributed by atoms with Gasteiger partial charge in [-0.25, -0.2) is 0 Å². The maximum Gasteiger partial charge on any atom is 0.250 e. The fourth-order valence-corrected chi connectivity index (χ4v) is 2.72. The van der Waals surface area contributed by atoms with E-state index in [2.05, 4.69) is 5.32 Å². The van der Waals surface area contributed by atoms with Gasteiger partial charge in [0.2, 0.25) is 11.7 Å². The molecule has 0 spiro atoms. The van der Waals surface area contributed by atoms with Crippen LogP contribution in [0.4, 0.5) is 5.69 Å². The van der Waals surface area contributed by atoms with Gasteiger partial charge >= 0.3 is 0 Å². The molecule has 134 valence electrons. The van der Waals surface area contributed by atoms with Crippen molar-refractivity contribution in [2.45, 2.75) is 6.92 Å². The van der Waals surface area contributed by atoms with Crippen molar-refractivity contribution in [3.8, 4) is 5.75 Å². The molecule has 0 saturated carbocycles. The zero-order chi connectivity index (χ0) is 18.7. The highest BCUT2D eigenvalue weighted by Gasteiger charge is 2.19. The van der Waals surface area contributed by atoms with Crippen molar-refractivity contribution < 1.29 is 23.5 Å². The van der Waals surface area contributed by atoms with Gasteiger partial charge in [-0.2, -0.15) is 0 Å². The summed E-state index contributed by atoms with van der Waals surface area (Å²) in [5.74, 6) is 0.501. The second-order valence-corrected chi connectivity index (χ2v) is 5.81. The maximum atomic E-state index is 12.8. The quantitative estimate of drug-likeness (QED) is 0.686. The summed E-state index contributed by atoms with van der Waals surface area (Å²) in [5.41, 5.74) is 2.39. The van der Waals surface area contributed by atoms with Crippen LogP contribution in [0.25, 0.3) is 11.0 Å². The van der Waals surface area contributed by atoms with Gasteiger partial charge in [-0.15, -0.1) is 0 Å². The molecule has 1 N–H and O–H groups in total. The topological polar surface area (TPSA) is 77.8 Å². The minimum Gasteiger partial charge on any atom is -0.497 e. The first-order valence-corrected chi connectivity index (χ1v) is 8.04. The minimum atomic E-state index is -0.260. The molecule has 0 fully saturated rings. The summed E-state index contributed by atoms with van der Waals surface area (Å²) in [6.07, 6.45) is 0. The van der Waals surface area contributed by atoms with E-state index in [1.807, 2.05) is 13.0 Å². The predicted molar refractivity (Wildman–Crippen MR) is 97.9 cm³/mol. The number of nitrogens with one attached hydrogen (secondary N) is 1. The summed E-state index contributed by atoms with van der Waals surface area (Å²) in [4.78, 5) is 24.4. The number of methoxy groups -OCH3 is 2. The number of carbonyl (C=O) groups is 2. The molecular formula is C20H19NO5. The molecule has 0 aliphatic rings. The molecular weight excluding hydrogens is 334 g/mol.